The van der Waals surface area contributed by atoms with Crippen LogP contribution in [0.15, 0.2) is 48.5 Å². The van der Waals surface area contributed by atoms with E-state index in [9.17, 15) is 9.59 Å². The van der Waals surface area contributed by atoms with Crippen molar-refractivity contribution < 1.29 is 9.59 Å². The molecule has 0 bridgehead atoms. The van der Waals surface area contributed by atoms with Crippen LogP contribution in [0.4, 0.5) is 10.5 Å². The monoisotopic (exact) mass is 308 g/mol. The van der Waals surface area contributed by atoms with Gasteiger partial charge in [-0.2, -0.15) is 0 Å². The molecule has 2 rings (SSSR count). The van der Waals surface area contributed by atoms with Gasteiger partial charge >= 0.3 is 6.03 Å². The Morgan fingerprint density at radius 3 is 2.40 bits per heavy atom. The molecular formula is C14H10Cl2N2O2. The summed E-state index contributed by atoms with van der Waals surface area (Å²) in [5, 5.41) is 5.46. The van der Waals surface area contributed by atoms with E-state index in [0.717, 1.165) is 0 Å². The van der Waals surface area contributed by atoms with Gasteiger partial charge < -0.3 is 5.32 Å². The van der Waals surface area contributed by atoms with Gasteiger partial charge in [-0.3, -0.25) is 10.1 Å². The predicted octanol–water partition coefficient (Wildman–Crippen LogP) is 3.96. The zero-order valence-electron chi connectivity index (χ0n) is 10.2. The van der Waals surface area contributed by atoms with Crippen molar-refractivity contribution in [2.24, 2.45) is 0 Å². The van der Waals surface area contributed by atoms with Crippen molar-refractivity contribution in [1.29, 1.82) is 0 Å². The van der Waals surface area contributed by atoms with Gasteiger partial charge in [0.2, 0.25) is 0 Å². The molecule has 2 N–H and O–H groups in total. The van der Waals surface area contributed by atoms with Gasteiger partial charge in [0.05, 0.1) is 10.6 Å². The Labute approximate surface area is 125 Å². The molecule has 0 heterocycles. The Kier molecular flexibility index (Phi) is 4.61. The number of urea groups is 1. The van der Waals surface area contributed by atoms with E-state index in [4.69, 9.17) is 23.2 Å². The molecule has 4 nitrogen and oxygen atoms in total. The third-order valence-electron chi connectivity index (χ3n) is 2.43. The Morgan fingerprint density at radius 2 is 1.70 bits per heavy atom. The number of carbonyl (C=O) groups excluding carboxylic acids is 2. The smallest absolute Gasteiger partial charge is 0.308 e. The van der Waals surface area contributed by atoms with E-state index in [1.807, 2.05) is 0 Å². The lowest BCUT2D eigenvalue weighted by molar-refractivity contribution is 0.0967. The molecular weight excluding hydrogens is 299 g/mol. The largest absolute Gasteiger partial charge is 0.326 e. The SMILES string of the molecule is O=C(NC(=O)c1ccccc1Cl)Nc1cccc(Cl)c1. The lowest BCUT2D eigenvalue weighted by atomic mass is 10.2. The van der Waals surface area contributed by atoms with Gasteiger partial charge in [0.1, 0.15) is 0 Å². The third-order valence-corrected chi connectivity index (χ3v) is 2.99. The Balaban J connectivity index is 2.02. The maximum Gasteiger partial charge on any atom is 0.326 e. The Hall–Kier alpha value is -2.04. The molecule has 6 heteroatoms. The van der Waals surface area contributed by atoms with Crippen LogP contribution in [-0.2, 0) is 0 Å². The van der Waals surface area contributed by atoms with Gasteiger partial charge in [0.25, 0.3) is 5.91 Å². The number of anilines is 1. The molecule has 0 fully saturated rings. The second-order valence-corrected chi connectivity index (χ2v) is 4.74. The summed E-state index contributed by atoms with van der Waals surface area (Å²) in [5.41, 5.74) is 0.720. The first-order chi connectivity index (χ1) is 9.56. The number of hydrogen-bond donors (Lipinski definition) is 2. The topological polar surface area (TPSA) is 58.2 Å². The maximum absolute atomic E-state index is 11.9. The quantitative estimate of drug-likeness (QED) is 0.882. The molecule has 0 aliphatic carbocycles. The van der Waals surface area contributed by atoms with Gasteiger partial charge in [0, 0.05) is 10.7 Å². The van der Waals surface area contributed by atoms with Crippen LogP contribution in [-0.4, -0.2) is 11.9 Å². The molecule has 0 aromatic heterocycles. The van der Waals surface area contributed by atoms with Crippen LogP contribution in [0.2, 0.25) is 10.0 Å². The maximum atomic E-state index is 11.9. The number of imide groups is 1. The van der Waals surface area contributed by atoms with Crippen LogP contribution >= 0.6 is 23.2 Å². The van der Waals surface area contributed by atoms with Crippen molar-refractivity contribution >= 4 is 40.8 Å². The summed E-state index contributed by atoms with van der Waals surface area (Å²) in [7, 11) is 0. The average molecular weight is 309 g/mol. The van der Waals surface area contributed by atoms with Crippen LogP contribution in [0, 0.1) is 0 Å². The van der Waals surface area contributed by atoms with Crippen molar-refractivity contribution in [3.05, 3.63) is 64.1 Å². The molecule has 0 unspecified atom stereocenters. The fourth-order valence-corrected chi connectivity index (χ4v) is 1.96. The summed E-state index contributed by atoms with van der Waals surface area (Å²) >= 11 is 11.7. The van der Waals surface area contributed by atoms with E-state index < -0.39 is 11.9 Å². The summed E-state index contributed by atoms with van der Waals surface area (Å²) in [6, 6.07) is 12.4. The van der Waals surface area contributed by atoms with Crippen LogP contribution < -0.4 is 10.6 Å². The minimum atomic E-state index is -0.655. The number of nitrogens with one attached hydrogen (secondary N) is 2. The average Bonchev–Trinajstić information content (AvgIpc) is 2.38. The number of halogens is 2. The number of carbonyl (C=O) groups is 2. The van der Waals surface area contributed by atoms with Gasteiger partial charge in [0.15, 0.2) is 0 Å². The molecule has 0 saturated heterocycles. The molecule has 102 valence electrons. The molecule has 0 spiro atoms. The van der Waals surface area contributed by atoms with Crippen LogP contribution in [0.3, 0.4) is 0 Å². The van der Waals surface area contributed by atoms with Crippen molar-refractivity contribution in [2.45, 2.75) is 0 Å². The Bertz CT molecular complexity index is 659. The molecule has 0 aliphatic rings. The molecule has 0 radical (unpaired) electrons. The highest BCUT2D eigenvalue weighted by atomic mass is 35.5. The molecule has 0 atom stereocenters. The molecule has 2 aromatic rings. The van der Waals surface area contributed by atoms with E-state index in [2.05, 4.69) is 10.6 Å². The second-order valence-electron chi connectivity index (χ2n) is 3.90. The summed E-state index contributed by atoms with van der Waals surface area (Å²) in [4.78, 5) is 23.5. The summed E-state index contributed by atoms with van der Waals surface area (Å²) in [6.45, 7) is 0. The fourth-order valence-electron chi connectivity index (χ4n) is 1.54. The highest BCUT2D eigenvalue weighted by molar-refractivity contribution is 6.34. The van der Waals surface area contributed by atoms with Gasteiger partial charge in [-0.1, -0.05) is 41.4 Å². The third kappa shape index (κ3) is 3.73. The Morgan fingerprint density at radius 1 is 0.950 bits per heavy atom. The number of amides is 3. The zero-order valence-corrected chi connectivity index (χ0v) is 11.7. The first-order valence-corrected chi connectivity index (χ1v) is 6.44. The van der Waals surface area contributed by atoms with Crippen molar-refractivity contribution in [2.75, 3.05) is 5.32 Å². The van der Waals surface area contributed by atoms with E-state index in [1.165, 1.54) is 6.07 Å². The van der Waals surface area contributed by atoms with Crippen LogP contribution in [0.1, 0.15) is 10.4 Å². The lowest BCUT2D eigenvalue weighted by Gasteiger charge is -2.07. The number of rotatable bonds is 2. The van der Waals surface area contributed by atoms with Crippen molar-refractivity contribution in [3.8, 4) is 0 Å². The minimum Gasteiger partial charge on any atom is -0.308 e. The number of hydrogen-bond acceptors (Lipinski definition) is 2. The highest BCUT2D eigenvalue weighted by Crippen LogP contribution is 2.16. The normalized spacial score (nSPS) is 9.90. The summed E-state index contributed by atoms with van der Waals surface area (Å²) < 4.78 is 0. The molecule has 20 heavy (non-hydrogen) atoms. The highest BCUT2D eigenvalue weighted by Gasteiger charge is 2.13. The fraction of sp³-hybridized carbons (Fsp3) is 0. The molecule has 3 amide bonds. The van der Waals surface area contributed by atoms with Gasteiger partial charge in [-0.25, -0.2) is 4.79 Å². The van der Waals surface area contributed by atoms with Crippen LogP contribution in [0.25, 0.3) is 0 Å². The standard InChI is InChI=1S/C14H10Cl2N2O2/c15-9-4-3-5-10(8-9)17-14(20)18-13(19)11-6-1-2-7-12(11)16/h1-8H,(H2,17,18,19,20). The molecule has 0 saturated carbocycles. The van der Waals surface area contributed by atoms with Crippen molar-refractivity contribution in [1.82, 2.24) is 5.32 Å². The summed E-state index contributed by atoms with van der Waals surface area (Å²) in [5.74, 6) is -0.574. The van der Waals surface area contributed by atoms with Gasteiger partial charge in [-0.05, 0) is 30.3 Å². The van der Waals surface area contributed by atoms with E-state index in [0.29, 0.717) is 10.7 Å². The van der Waals surface area contributed by atoms with E-state index >= 15 is 0 Å². The second kappa shape index (κ2) is 6.41. The van der Waals surface area contributed by atoms with Gasteiger partial charge in [-0.15, -0.1) is 0 Å². The zero-order chi connectivity index (χ0) is 14.5. The number of benzene rings is 2. The van der Waals surface area contributed by atoms with E-state index in [-0.39, 0.29) is 10.6 Å². The molecule has 2 aromatic carbocycles. The van der Waals surface area contributed by atoms with E-state index in [1.54, 1.807) is 42.5 Å². The van der Waals surface area contributed by atoms with Crippen molar-refractivity contribution in [3.63, 3.8) is 0 Å². The lowest BCUT2D eigenvalue weighted by Crippen LogP contribution is -2.34. The summed E-state index contributed by atoms with van der Waals surface area (Å²) in [6.07, 6.45) is 0. The first-order valence-electron chi connectivity index (χ1n) is 5.68. The predicted molar refractivity (Wildman–Crippen MR) is 79.4 cm³/mol. The first kappa shape index (κ1) is 14.4. The molecule has 0 aliphatic heterocycles. The van der Waals surface area contributed by atoms with Crippen LogP contribution in [0.5, 0.6) is 0 Å². The minimum absolute atomic E-state index is 0.232.